The quantitative estimate of drug-likeness (QED) is 0.841. The number of hydrogen-bond acceptors (Lipinski definition) is 4. The molecule has 0 atom stereocenters. The molecule has 0 bridgehead atoms. The maximum absolute atomic E-state index is 8.88. The first-order chi connectivity index (χ1) is 9.29. The molecule has 1 saturated heterocycles. The van der Waals surface area contributed by atoms with E-state index in [-0.39, 0.29) is 0 Å². The molecule has 0 aliphatic carbocycles. The number of rotatable bonds is 6. The summed E-state index contributed by atoms with van der Waals surface area (Å²) in [5, 5.41) is 8.88. The minimum Gasteiger partial charge on any atom is -0.396 e. The van der Waals surface area contributed by atoms with E-state index < -0.39 is 0 Å². The van der Waals surface area contributed by atoms with Crippen LogP contribution in [0.15, 0.2) is 24.5 Å². The molecular weight excluding hydrogens is 238 g/mol. The maximum atomic E-state index is 8.88. The van der Waals surface area contributed by atoms with Gasteiger partial charge in [-0.1, -0.05) is 6.07 Å². The van der Waals surface area contributed by atoms with Crippen LogP contribution in [0, 0.1) is 0 Å². The highest BCUT2D eigenvalue weighted by Gasteiger charge is 2.21. The van der Waals surface area contributed by atoms with Crippen molar-refractivity contribution in [3.8, 4) is 0 Å². The fraction of sp³-hybridized carbons (Fsp3) is 0.667. The Morgan fingerprint density at radius 1 is 1.42 bits per heavy atom. The summed E-state index contributed by atoms with van der Waals surface area (Å²) >= 11 is 0. The molecule has 2 heterocycles. The number of aromatic nitrogens is 1. The lowest BCUT2D eigenvalue weighted by Gasteiger charge is -2.36. The summed E-state index contributed by atoms with van der Waals surface area (Å²) in [6.45, 7) is 4.63. The first kappa shape index (κ1) is 14.4. The van der Waals surface area contributed by atoms with E-state index >= 15 is 0 Å². The van der Waals surface area contributed by atoms with Gasteiger partial charge in [-0.3, -0.25) is 9.88 Å². The zero-order chi connectivity index (χ0) is 13.5. The predicted octanol–water partition coefficient (Wildman–Crippen LogP) is 1.36. The van der Waals surface area contributed by atoms with Gasteiger partial charge in [0.1, 0.15) is 0 Å². The number of pyridine rings is 1. The van der Waals surface area contributed by atoms with Crippen molar-refractivity contribution >= 4 is 0 Å². The smallest absolute Gasteiger partial charge is 0.0443 e. The molecule has 0 aromatic carbocycles. The first-order valence-corrected chi connectivity index (χ1v) is 7.22. The van der Waals surface area contributed by atoms with Crippen molar-refractivity contribution in [2.45, 2.75) is 31.8 Å². The minimum absolute atomic E-state index is 0.296. The zero-order valence-electron chi connectivity index (χ0n) is 11.8. The molecule has 0 spiro atoms. The van der Waals surface area contributed by atoms with Crippen LogP contribution in [0.4, 0.5) is 0 Å². The Kier molecular flexibility index (Phi) is 5.76. The van der Waals surface area contributed by atoms with Crippen LogP contribution in [-0.4, -0.2) is 59.2 Å². The Labute approximate surface area is 116 Å². The average Bonchev–Trinajstić information content (AvgIpc) is 2.46. The van der Waals surface area contributed by atoms with E-state index in [9.17, 15) is 0 Å². The first-order valence-electron chi connectivity index (χ1n) is 7.22. The summed E-state index contributed by atoms with van der Waals surface area (Å²) in [4.78, 5) is 9.08. The van der Waals surface area contributed by atoms with E-state index in [4.69, 9.17) is 5.11 Å². The van der Waals surface area contributed by atoms with Crippen molar-refractivity contribution in [2.24, 2.45) is 0 Å². The normalized spacial score (nSPS) is 18.1. The molecule has 4 nitrogen and oxygen atoms in total. The van der Waals surface area contributed by atoms with Crippen LogP contribution in [-0.2, 0) is 6.54 Å². The van der Waals surface area contributed by atoms with E-state index in [1.54, 1.807) is 0 Å². The van der Waals surface area contributed by atoms with Crippen LogP contribution in [0.2, 0.25) is 0 Å². The van der Waals surface area contributed by atoms with Gasteiger partial charge in [0.05, 0.1) is 0 Å². The second-order valence-electron chi connectivity index (χ2n) is 5.43. The van der Waals surface area contributed by atoms with Gasteiger partial charge in [0.2, 0.25) is 0 Å². The monoisotopic (exact) mass is 263 g/mol. The Morgan fingerprint density at radius 3 is 2.84 bits per heavy atom. The third-order valence-electron chi connectivity index (χ3n) is 3.98. The van der Waals surface area contributed by atoms with Gasteiger partial charge in [0.15, 0.2) is 0 Å². The van der Waals surface area contributed by atoms with Gasteiger partial charge in [-0.25, -0.2) is 0 Å². The van der Waals surface area contributed by atoms with Gasteiger partial charge in [0, 0.05) is 38.1 Å². The Hall–Kier alpha value is -0.970. The molecule has 0 saturated carbocycles. The SMILES string of the molecule is CN(CCCO)C1CCN(Cc2cccnc2)CC1. The van der Waals surface area contributed by atoms with Crippen molar-refractivity contribution in [1.29, 1.82) is 0 Å². The number of piperidine rings is 1. The molecule has 4 heteroatoms. The summed E-state index contributed by atoms with van der Waals surface area (Å²) in [6, 6.07) is 4.83. The maximum Gasteiger partial charge on any atom is 0.0443 e. The van der Waals surface area contributed by atoms with Crippen LogP contribution < -0.4 is 0 Å². The second kappa shape index (κ2) is 7.58. The summed E-state index contributed by atoms with van der Waals surface area (Å²) in [7, 11) is 2.18. The van der Waals surface area contributed by atoms with Crippen molar-refractivity contribution in [2.75, 3.05) is 33.3 Å². The lowest BCUT2D eigenvalue weighted by atomic mass is 10.0. The van der Waals surface area contributed by atoms with E-state index in [1.807, 2.05) is 18.5 Å². The second-order valence-corrected chi connectivity index (χ2v) is 5.43. The summed E-state index contributed by atoms with van der Waals surface area (Å²) in [5.74, 6) is 0. The molecule has 0 amide bonds. The van der Waals surface area contributed by atoms with Crippen molar-refractivity contribution in [3.05, 3.63) is 30.1 Å². The van der Waals surface area contributed by atoms with Crippen LogP contribution in [0.25, 0.3) is 0 Å². The van der Waals surface area contributed by atoms with Gasteiger partial charge >= 0.3 is 0 Å². The Morgan fingerprint density at radius 2 is 2.21 bits per heavy atom. The predicted molar refractivity (Wildman–Crippen MR) is 76.9 cm³/mol. The van der Waals surface area contributed by atoms with Gasteiger partial charge < -0.3 is 10.0 Å². The van der Waals surface area contributed by atoms with Crippen LogP contribution in [0.5, 0.6) is 0 Å². The van der Waals surface area contributed by atoms with Crippen molar-refractivity contribution in [1.82, 2.24) is 14.8 Å². The Balaban J connectivity index is 1.73. The summed E-state index contributed by atoms with van der Waals surface area (Å²) < 4.78 is 0. The zero-order valence-corrected chi connectivity index (χ0v) is 11.8. The van der Waals surface area contributed by atoms with Crippen LogP contribution in [0.3, 0.4) is 0 Å². The third-order valence-corrected chi connectivity index (χ3v) is 3.98. The minimum atomic E-state index is 0.296. The van der Waals surface area contributed by atoms with Crippen molar-refractivity contribution < 1.29 is 5.11 Å². The Bertz CT molecular complexity index is 350. The number of likely N-dealkylation sites (tertiary alicyclic amines) is 1. The third kappa shape index (κ3) is 4.56. The number of hydrogen-bond donors (Lipinski definition) is 1. The molecule has 1 aromatic rings. The van der Waals surface area contributed by atoms with E-state index in [0.717, 1.165) is 32.6 Å². The highest BCUT2D eigenvalue weighted by atomic mass is 16.3. The molecule has 1 aliphatic heterocycles. The molecule has 106 valence electrons. The van der Waals surface area contributed by atoms with Gasteiger partial charge in [-0.15, -0.1) is 0 Å². The summed E-state index contributed by atoms with van der Waals surface area (Å²) in [6.07, 6.45) is 7.11. The molecule has 1 aromatic heterocycles. The van der Waals surface area contributed by atoms with Crippen LogP contribution >= 0.6 is 0 Å². The number of nitrogens with zero attached hydrogens (tertiary/aromatic N) is 3. The summed E-state index contributed by atoms with van der Waals surface area (Å²) in [5.41, 5.74) is 1.30. The number of aliphatic hydroxyl groups excluding tert-OH is 1. The lowest BCUT2D eigenvalue weighted by molar-refractivity contribution is 0.117. The fourth-order valence-electron chi connectivity index (χ4n) is 2.77. The highest BCUT2D eigenvalue weighted by Crippen LogP contribution is 2.17. The number of aliphatic hydroxyl groups is 1. The van der Waals surface area contributed by atoms with E-state index in [0.29, 0.717) is 12.6 Å². The molecule has 1 aliphatic rings. The molecular formula is C15H25N3O. The molecule has 1 N–H and O–H groups in total. The van der Waals surface area contributed by atoms with Gasteiger partial charge in [-0.05, 0) is 51.0 Å². The van der Waals surface area contributed by atoms with Crippen molar-refractivity contribution in [3.63, 3.8) is 0 Å². The standard InChI is InChI=1S/C15H25N3O/c1-17(8-3-11-19)15-5-9-18(10-6-15)13-14-4-2-7-16-12-14/h2,4,7,12,15,19H,3,5-6,8-11,13H2,1H3. The van der Waals surface area contributed by atoms with Crippen LogP contribution in [0.1, 0.15) is 24.8 Å². The van der Waals surface area contributed by atoms with Gasteiger partial charge in [0.25, 0.3) is 0 Å². The average molecular weight is 263 g/mol. The highest BCUT2D eigenvalue weighted by molar-refractivity contribution is 5.08. The molecule has 2 rings (SSSR count). The van der Waals surface area contributed by atoms with Gasteiger partial charge in [-0.2, -0.15) is 0 Å². The topological polar surface area (TPSA) is 39.6 Å². The molecule has 1 fully saturated rings. The largest absolute Gasteiger partial charge is 0.396 e. The molecule has 0 radical (unpaired) electrons. The molecule has 0 unspecified atom stereocenters. The lowest BCUT2D eigenvalue weighted by Crippen LogP contribution is -2.43. The molecule has 19 heavy (non-hydrogen) atoms. The van der Waals surface area contributed by atoms with E-state index in [2.05, 4.69) is 27.9 Å². The fourth-order valence-corrected chi connectivity index (χ4v) is 2.77. The van der Waals surface area contributed by atoms with E-state index in [1.165, 1.54) is 18.4 Å².